The Morgan fingerprint density at radius 2 is 2.23 bits per heavy atom. The summed E-state index contributed by atoms with van der Waals surface area (Å²) in [6.07, 6.45) is 3.13. The van der Waals surface area contributed by atoms with Gasteiger partial charge in [0.1, 0.15) is 6.61 Å². The van der Waals surface area contributed by atoms with E-state index in [1.807, 2.05) is 36.5 Å². The standard InChI is InChI=1S/C15H16BrN3O3/c16-12-6-17-19(7-12)14-10-21-9-13(14)18-15(20)22-8-11-4-2-1-3-5-11/h1-7,13-14H,8-10H2,(H,18,20)/t13-,14+/m0/s1. The maximum absolute atomic E-state index is 11.9. The van der Waals surface area contributed by atoms with E-state index in [4.69, 9.17) is 9.47 Å². The van der Waals surface area contributed by atoms with Crippen LogP contribution in [0.1, 0.15) is 11.6 Å². The second-order valence-electron chi connectivity index (χ2n) is 5.06. The molecule has 6 nitrogen and oxygen atoms in total. The van der Waals surface area contributed by atoms with E-state index in [1.54, 1.807) is 10.9 Å². The van der Waals surface area contributed by atoms with Gasteiger partial charge in [0.25, 0.3) is 0 Å². The fourth-order valence-electron chi connectivity index (χ4n) is 2.35. The molecular weight excluding hydrogens is 350 g/mol. The first-order valence-electron chi connectivity index (χ1n) is 6.97. The fourth-order valence-corrected chi connectivity index (χ4v) is 2.66. The third-order valence-electron chi connectivity index (χ3n) is 3.48. The molecule has 3 rings (SSSR count). The number of hydrogen-bond donors (Lipinski definition) is 1. The minimum atomic E-state index is -0.449. The number of benzene rings is 1. The summed E-state index contributed by atoms with van der Waals surface area (Å²) < 4.78 is 13.4. The van der Waals surface area contributed by atoms with Gasteiger partial charge in [-0.25, -0.2) is 4.79 Å². The molecule has 1 aliphatic heterocycles. The van der Waals surface area contributed by atoms with Gasteiger partial charge in [-0.2, -0.15) is 5.10 Å². The van der Waals surface area contributed by atoms with Crippen molar-refractivity contribution in [1.29, 1.82) is 0 Å². The van der Waals surface area contributed by atoms with Gasteiger partial charge in [0, 0.05) is 6.20 Å². The number of alkyl carbamates (subject to hydrolysis) is 1. The van der Waals surface area contributed by atoms with E-state index in [0.29, 0.717) is 13.2 Å². The van der Waals surface area contributed by atoms with Gasteiger partial charge in [0.2, 0.25) is 0 Å². The van der Waals surface area contributed by atoms with Crippen LogP contribution < -0.4 is 5.32 Å². The summed E-state index contributed by atoms with van der Waals surface area (Å²) in [6.45, 7) is 1.21. The molecule has 0 aliphatic carbocycles. The summed E-state index contributed by atoms with van der Waals surface area (Å²) in [5.74, 6) is 0. The number of ether oxygens (including phenoxy) is 2. The average Bonchev–Trinajstić information content (AvgIpc) is 3.15. The summed E-state index contributed by atoms with van der Waals surface area (Å²) in [5, 5.41) is 7.09. The summed E-state index contributed by atoms with van der Waals surface area (Å²) >= 11 is 3.36. The second kappa shape index (κ2) is 6.93. The van der Waals surface area contributed by atoms with E-state index < -0.39 is 6.09 Å². The van der Waals surface area contributed by atoms with Crippen molar-refractivity contribution < 1.29 is 14.3 Å². The largest absolute Gasteiger partial charge is 0.445 e. The quantitative estimate of drug-likeness (QED) is 0.903. The zero-order valence-electron chi connectivity index (χ0n) is 11.8. The molecule has 116 valence electrons. The van der Waals surface area contributed by atoms with Crippen LogP contribution in [0.4, 0.5) is 4.79 Å². The van der Waals surface area contributed by atoms with Crippen molar-refractivity contribution in [2.45, 2.75) is 18.7 Å². The van der Waals surface area contributed by atoms with Crippen molar-refractivity contribution in [3.63, 3.8) is 0 Å². The van der Waals surface area contributed by atoms with E-state index in [9.17, 15) is 4.79 Å². The highest BCUT2D eigenvalue weighted by molar-refractivity contribution is 9.10. The molecule has 2 aromatic rings. The van der Waals surface area contributed by atoms with Gasteiger partial charge in [0.05, 0.1) is 36.0 Å². The van der Waals surface area contributed by atoms with Crippen LogP contribution in [0.5, 0.6) is 0 Å². The van der Waals surface area contributed by atoms with Crippen molar-refractivity contribution >= 4 is 22.0 Å². The molecule has 1 aromatic carbocycles. The lowest BCUT2D eigenvalue weighted by Crippen LogP contribution is -2.41. The van der Waals surface area contributed by atoms with Crippen LogP contribution >= 0.6 is 15.9 Å². The maximum Gasteiger partial charge on any atom is 0.407 e. The lowest BCUT2D eigenvalue weighted by atomic mass is 10.2. The molecule has 1 amide bonds. The maximum atomic E-state index is 11.9. The molecule has 1 aromatic heterocycles. The van der Waals surface area contributed by atoms with Crippen molar-refractivity contribution in [2.75, 3.05) is 13.2 Å². The molecule has 1 aliphatic rings. The molecular formula is C15H16BrN3O3. The Bertz CT molecular complexity index is 632. The van der Waals surface area contributed by atoms with Gasteiger partial charge in [-0.15, -0.1) is 0 Å². The minimum absolute atomic E-state index is 0.0319. The van der Waals surface area contributed by atoms with Crippen molar-refractivity contribution in [1.82, 2.24) is 15.1 Å². The molecule has 1 fully saturated rings. The molecule has 2 atom stereocenters. The third kappa shape index (κ3) is 3.66. The second-order valence-corrected chi connectivity index (χ2v) is 5.97. The van der Waals surface area contributed by atoms with Crippen LogP contribution in [0.25, 0.3) is 0 Å². The number of amides is 1. The molecule has 0 unspecified atom stereocenters. The molecule has 7 heteroatoms. The Morgan fingerprint density at radius 3 is 2.95 bits per heavy atom. The molecule has 2 heterocycles. The molecule has 0 saturated carbocycles. The Hall–Kier alpha value is -1.86. The smallest absolute Gasteiger partial charge is 0.407 e. The van der Waals surface area contributed by atoms with Crippen LogP contribution in [0.3, 0.4) is 0 Å². The van der Waals surface area contributed by atoms with E-state index in [0.717, 1.165) is 10.0 Å². The number of halogens is 1. The lowest BCUT2D eigenvalue weighted by Gasteiger charge is -2.19. The van der Waals surface area contributed by atoms with Crippen LogP contribution in [-0.2, 0) is 16.1 Å². The van der Waals surface area contributed by atoms with Crippen LogP contribution in [0.15, 0.2) is 47.2 Å². The lowest BCUT2D eigenvalue weighted by molar-refractivity contribution is 0.131. The van der Waals surface area contributed by atoms with Gasteiger partial charge in [-0.05, 0) is 21.5 Å². The topological polar surface area (TPSA) is 65.4 Å². The highest BCUT2D eigenvalue weighted by Gasteiger charge is 2.32. The highest BCUT2D eigenvalue weighted by Crippen LogP contribution is 2.21. The number of nitrogens with zero attached hydrogens (tertiary/aromatic N) is 2. The summed E-state index contributed by atoms with van der Waals surface area (Å²) in [6, 6.07) is 9.38. The summed E-state index contributed by atoms with van der Waals surface area (Å²) in [4.78, 5) is 11.9. The Labute approximate surface area is 136 Å². The van der Waals surface area contributed by atoms with Gasteiger partial charge in [-0.1, -0.05) is 30.3 Å². The van der Waals surface area contributed by atoms with Crippen molar-refractivity contribution in [3.05, 3.63) is 52.8 Å². The van der Waals surface area contributed by atoms with Crippen molar-refractivity contribution in [2.24, 2.45) is 0 Å². The number of carbonyl (C=O) groups excluding carboxylic acids is 1. The zero-order valence-corrected chi connectivity index (χ0v) is 13.4. The van der Waals surface area contributed by atoms with E-state index in [-0.39, 0.29) is 18.7 Å². The Balaban J connectivity index is 1.54. The van der Waals surface area contributed by atoms with E-state index in [1.165, 1.54) is 0 Å². The van der Waals surface area contributed by atoms with Crippen LogP contribution in [0.2, 0.25) is 0 Å². The number of nitrogens with one attached hydrogen (secondary N) is 1. The van der Waals surface area contributed by atoms with Gasteiger partial charge in [-0.3, -0.25) is 4.68 Å². The predicted molar refractivity (Wildman–Crippen MR) is 83.3 cm³/mol. The van der Waals surface area contributed by atoms with Crippen molar-refractivity contribution in [3.8, 4) is 0 Å². The fraction of sp³-hybridized carbons (Fsp3) is 0.333. The summed E-state index contributed by atoms with van der Waals surface area (Å²) in [7, 11) is 0. The Kier molecular flexibility index (Phi) is 4.74. The molecule has 22 heavy (non-hydrogen) atoms. The molecule has 0 spiro atoms. The molecule has 1 saturated heterocycles. The van der Waals surface area contributed by atoms with E-state index in [2.05, 4.69) is 26.3 Å². The molecule has 1 N–H and O–H groups in total. The third-order valence-corrected chi connectivity index (χ3v) is 3.89. The Morgan fingerprint density at radius 1 is 1.41 bits per heavy atom. The first kappa shape index (κ1) is 15.1. The predicted octanol–water partition coefficient (Wildman–Crippen LogP) is 2.51. The number of rotatable bonds is 4. The normalized spacial score (nSPS) is 20.8. The van der Waals surface area contributed by atoms with Gasteiger partial charge >= 0.3 is 6.09 Å². The minimum Gasteiger partial charge on any atom is -0.445 e. The molecule has 0 radical (unpaired) electrons. The monoisotopic (exact) mass is 365 g/mol. The average molecular weight is 366 g/mol. The molecule has 0 bridgehead atoms. The first-order chi connectivity index (χ1) is 10.7. The summed E-state index contributed by atoms with van der Waals surface area (Å²) in [5.41, 5.74) is 0.952. The zero-order chi connectivity index (χ0) is 15.4. The number of carbonyl (C=O) groups is 1. The SMILES string of the molecule is O=C(N[C@H]1COC[C@H]1n1cc(Br)cn1)OCc1ccccc1. The van der Waals surface area contributed by atoms with Crippen LogP contribution in [0, 0.1) is 0 Å². The van der Waals surface area contributed by atoms with Gasteiger partial charge in [0.15, 0.2) is 0 Å². The van der Waals surface area contributed by atoms with Crippen LogP contribution in [-0.4, -0.2) is 35.1 Å². The highest BCUT2D eigenvalue weighted by atomic mass is 79.9. The number of hydrogen-bond acceptors (Lipinski definition) is 4. The first-order valence-corrected chi connectivity index (χ1v) is 7.76. The van der Waals surface area contributed by atoms with E-state index >= 15 is 0 Å². The van der Waals surface area contributed by atoms with Gasteiger partial charge < -0.3 is 14.8 Å². The number of aromatic nitrogens is 2.